The van der Waals surface area contributed by atoms with Gasteiger partial charge in [-0.3, -0.25) is 0 Å². The van der Waals surface area contributed by atoms with Crippen LogP contribution in [0, 0.1) is 11.8 Å². The molecule has 4 heteroatoms. The second-order valence-electron chi connectivity index (χ2n) is 19.4. The SMILES string of the molecule is CCCc1ccc2c(c1-c1ccccc1-c1ccccc1)C=C(CC(C)C)[CH]2[Zr]([Cl])([Cl])([CH]1C(CC(C)C)=Cc2c1ccc(CCC)c2-c1ccccc1-c1ccccc1)[SiH](C)C. The molecule has 0 saturated carbocycles. The van der Waals surface area contributed by atoms with Gasteiger partial charge in [-0.15, -0.1) is 0 Å². The summed E-state index contributed by atoms with van der Waals surface area (Å²) in [7, 11) is 18.3. The van der Waals surface area contributed by atoms with E-state index in [1.807, 2.05) is 0 Å². The zero-order valence-corrected chi connectivity index (χ0v) is 43.4. The van der Waals surface area contributed by atoms with Crippen LogP contribution in [0.3, 0.4) is 0 Å². The third kappa shape index (κ3) is 8.10. The van der Waals surface area contributed by atoms with Crippen molar-refractivity contribution in [2.24, 2.45) is 11.8 Å². The third-order valence-electron chi connectivity index (χ3n) is 13.8. The molecule has 2 atom stereocenters. The van der Waals surface area contributed by atoms with Crippen LogP contribution in [-0.2, 0) is 28.4 Å². The first-order valence-electron chi connectivity index (χ1n) is 23.5. The van der Waals surface area contributed by atoms with E-state index in [4.69, 9.17) is 17.0 Å². The molecule has 0 heterocycles. The monoisotopic (exact) mass is 949 g/mol. The summed E-state index contributed by atoms with van der Waals surface area (Å²) in [6, 6.07) is 49.8. The molecule has 8 rings (SSSR count). The van der Waals surface area contributed by atoms with Crippen molar-refractivity contribution >= 4 is 35.1 Å². The van der Waals surface area contributed by atoms with Gasteiger partial charge >= 0.3 is 385 Å². The zero-order valence-electron chi connectivity index (χ0n) is 38.2. The average molecular weight is 952 g/mol. The van der Waals surface area contributed by atoms with Gasteiger partial charge in [0.05, 0.1) is 0 Å². The maximum atomic E-state index is 9.16. The Morgan fingerprint density at radius 2 is 0.839 bits per heavy atom. The number of allylic oxidation sites excluding steroid dienone is 2. The van der Waals surface area contributed by atoms with E-state index in [0.717, 1.165) is 38.5 Å². The van der Waals surface area contributed by atoms with Crippen LogP contribution in [0.25, 0.3) is 56.7 Å². The summed E-state index contributed by atoms with van der Waals surface area (Å²) in [5.41, 5.74) is 21.6. The number of hydrogen-bond donors (Lipinski definition) is 0. The fourth-order valence-corrected chi connectivity index (χ4v) is 42.6. The summed E-state index contributed by atoms with van der Waals surface area (Å²) in [5.74, 6) is -0.863. The van der Waals surface area contributed by atoms with Crippen LogP contribution in [0.5, 0.6) is 0 Å². The third-order valence-corrected chi connectivity index (χ3v) is 65.7. The fraction of sp³-hybridized carbons (Fsp3) is 0.310. The summed E-state index contributed by atoms with van der Waals surface area (Å²) in [6.45, 7) is 19.1. The number of benzene rings is 6. The van der Waals surface area contributed by atoms with Crippen LogP contribution in [0.15, 0.2) is 145 Å². The molecule has 2 aliphatic carbocycles. The first-order valence-corrected chi connectivity index (χ1v) is 39.8. The van der Waals surface area contributed by atoms with Crippen LogP contribution in [0.4, 0.5) is 0 Å². The zero-order chi connectivity index (χ0) is 43.8. The van der Waals surface area contributed by atoms with Crippen LogP contribution in [0.2, 0.25) is 13.1 Å². The van der Waals surface area contributed by atoms with Gasteiger partial charge in [0.15, 0.2) is 0 Å². The number of hydrogen-bond acceptors (Lipinski definition) is 0. The average Bonchev–Trinajstić information content (AvgIpc) is 3.82. The molecule has 6 aromatic carbocycles. The molecule has 0 N–H and O–H groups in total. The summed E-state index contributed by atoms with van der Waals surface area (Å²) >= 11 is -5.15. The standard InChI is InChI=1S/2C28H29.C2H7Si.2ClH.Zr/c2*1-4-10-23-15-16-24-18-21(17-20(2)3)19-27(24)28(23)26-14-9-8-13-25(26)22-11-6-5-7-12-22;1-3-2;;;/h2*5-9,11-16,18-20H,4,10,17H2,1-3H3;3H,1-2H3;2*1H;/q;;;;;+2/p-2. The van der Waals surface area contributed by atoms with E-state index in [1.165, 1.54) is 89.0 Å². The Morgan fingerprint density at radius 3 is 1.18 bits per heavy atom. The second kappa shape index (κ2) is 18.5. The fourth-order valence-electron chi connectivity index (χ4n) is 11.3. The number of halogens is 2. The van der Waals surface area contributed by atoms with E-state index in [2.05, 4.69) is 200 Å². The predicted octanol–water partition coefficient (Wildman–Crippen LogP) is 17.9. The quantitative estimate of drug-likeness (QED) is 0.0900. The van der Waals surface area contributed by atoms with Crippen molar-refractivity contribution in [1.29, 1.82) is 0 Å². The molecule has 0 spiro atoms. The first-order chi connectivity index (χ1) is 29.9. The topological polar surface area (TPSA) is 0 Å². The molecule has 0 fully saturated rings. The Balaban J connectivity index is 1.41. The summed E-state index contributed by atoms with van der Waals surface area (Å²) in [6.07, 6.45) is 11.4. The van der Waals surface area contributed by atoms with Gasteiger partial charge in [0.1, 0.15) is 0 Å². The Bertz CT molecular complexity index is 2460. The normalized spacial score (nSPS) is 16.6. The molecule has 0 radical (unpaired) electrons. The van der Waals surface area contributed by atoms with Gasteiger partial charge in [0.25, 0.3) is 0 Å². The molecule has 0 nitrogen and oxygen atoms in total. The van der Waals surface area contributed by atoms with Crippen LogP contribution >= 0.6 is 17.0 Å². The molecule has 319 valence electrons. The molecule has 2 aliphatic rings. The van der Waals surface area contributed by atoms with Crippen molar-refractivity contribution in [2.45, 2.75) is 100 Å². The van der Waals surface area contributed by atoms with E-state index in [0.29, 0.717) is 11.8 Å². The summed E-state index contributed by atoms with van der Waals surface area (Å²) < 4.78 is 0.0630. The molecule has 0 amide bonds. The molecule has 2 unspecified atom stereocenters. The minimum atomic E-state index is -5.15. The van der Waals surface area contributed by atoms with Crippen molar-refractivity contribution in [3.63, 3.8) is 0 Å². The van der Waals surface area contributed by atoms with Gasteiger partial charge < -0.3 is 0 Å². The molecule has 62 heavy (non-hydrogen) atoms. The van der Waals surface area contributed by atoms with Crippen LogP contribution in [-0.4, -0.2) is 5.92 Å². The summed E-state index contributed by atoms with van der Waals surface area (Å²) in [4.78, 5) is 0. The Hall–Kier alpha value is -3.52. The van der Waals surface area contributed by atoms with Crippen molar-refractivity contribution < 1.29 is 15.6 Å². The van der Waals surface area contributed by atoms with E-state index in [-0.39, 0.29) is 7.25 Å². The van der Waals surface area contributed by atoms with Crippen LogP contribution < -0.4 is 0 Å². The Morgan fingerprint density at radius 1 is 0.484 bits per heavy atom. The number of fused-ring (bicyclic) bond motifs is 2. The molecule has 6 aromatic rings. The first kappa shape index (κ1) is 45.1. The van der Waals surface area contributed by atoms with Crippen LogP contribution in [0.1, 0.15) is 108 Å². The number of aryl methyl sites for hydroxylation is 2. The van der Waals surface area contributed by atoms with E-state index in [9.17, 15) is 0 Å². The number of rotatable bonds is 15. The van der Waals surface area contributed by atoms with Gasteiger partial charge in [-0.05, 0) is 0 Å². The molecule has 0 aromatic heterocycles. The molecule has 0 bridgehead atoms. The van der Waals surface area contributed by atoms with Crippen molar-refractivity contribution in [3.05, 3.63) is 178 Å². The van der Waals surface area contributed by atoms with Gasteiger partial charge in [-0.2, -0.15) is 0 Å². The van der Waals surface area contributed by atoms with Gasteiger partial charge in [-0.25, -0.2) is 0 Å². The Kier molecular flexibility index (Phi) is 13.5. The van der Waals surface area contributed by atoms with Gasteiger partial charge in [-0.1, -0.05) is 0 Å². The van der Waals surface area contributed by atoms with Gasteiger partial charge in [0, 0.05) is 0 Å². The van der Waals surface area contributed by atoms with E-state index >= 15 is 0 Å². The Labute approximate surface area is 382 Å². The van der Waals surface area contributed by atoms with Crippen molar-refractivity contribution in [3.8, 4) is 44.5 Å². The molecular formula is C58H65Cl2SiZr. The van der Waals surface area contributed by atoms with E-state index in [1.54, 1.807) is 0 Å². The molecule has 0 aliphatic heterocycles. The maximum absolute atomic E-state index is 9.16. The van der Waals surface area contributed by atoms with Gasteiger partial charge in [0.2, 0.25) is 0 Å². The van der Waals surface area contributed by atoms with E-state index < -0.39 is 21.5 Å². The van der Waals surface area contributed by atoms with Crippen molar-refractivity contribution in [2.75, 3.05) is 0 Å². The molecular weight excluding hydrogens is 887 g/mol. The van der Waals surface area contributed by atoms with Crippen molar-refractivity contribution in [1.82, 2.24) is 0 Å². The summed E-state index contributed by atoms with van der Waals surface area (Å²) in [5, 5.41) is 0. The predicted molar refractivity (Wildman–Crippen MR) is 274 cm³/mol. The second-order valence-corrected chi connectivity index (χ2v) is 61.9. The minimum absolute atomic E-state index is 0.0315. The molecule has 0 saturated heterocycles.